The minimum Gasteiger partial charge on any atom is -0.435 e. The summed E-state index contributed by atoms with van der Waals surface area (Å²) in [5.41, 5.74) is 3.64. The molecule has 0 radical (unpaired) electrons. The van der Waals surface area contributed by atoms with Gasteiger partial charge in [0.1, 0.15) is 11.4 Å². The number of rotatable bonds is 5. The van der Waals surface area contributed by atoms with Crippen LogP contribution >= 0.6 is 11.3 Å². The molecule has 3 aromatic heterocycles. The molecule has 0 saturated carbocycles. The molecule has 10 heteroatoms. The first-order chi connectivity index (χ1) is 12.2. The van der Waals surface area contributed by atoms with Crippen molar-refractivity contribution in [3.05, 3.63) is 48.4 Å². The van der Waals surface area contributed by atoms with Gasteiger partial charge in [0.15, 0.2) is 5.65 Å². The zero-order valence-electron chi connectivity index (χ0n) is 12.5. The van der Waals surface area contributed by atoms with Gasteiger partial charge < -0.3 is 10.1 Å². The normalized spacial score (nSPS) is 11.2. The van der Waals surface area contributed by atoms with Crippen molar-refractivity contribution in [3.8, 4) is 16.3 Å². The SMILES string of the molecule is FC(F)Oc1ccc(Nc2nc3c(-c4cncs4)nccn3n2)cc1. The number of nitrogens with one attached hydrogen (secondary N) is 1. The zero-order chi connectivity index (χ0) is 17.2. The Hall–Kier alpha value is -3.14. The number of benzene rings is 1. The van der Waals surface area contributed by atoms with Crippen molar-refractivity contribution < 1.29 is 13.5 Å². The predicted molar refractivity (Wildman–Crippen MR) is 88.2 cm³/mol. The van der Waals surface area contributed by atoms with Crippen LogP contribution in [0.3, 0.4) is 0 Å². The second-order valence-electron chi connectivity index (χ2n) is 4.87. The van der Waals surface area contributed by atoms with Gasteiger partial charge in [0.2, 0.25) is 5.95 Å². The third-order valence-electron chi connectivity index (χ3n) is 3.26. The number of hydrogen-bond donors (Lipinski definition) is 1. The van der Waals surface area contributed by atoms with Crippen molar-refractivity contribution in [2.75, 3.05) is 5.32 Å². The van der Waals surface area contributed by atoms with Gasteiger partial charge in [-0.05, 0) is 24.3 Å². The maximum absolute atomic E-state index is 12.2. The summed E-state index contributed by atoms with van der Waals surface area (Å²) < 4.78 is 30.3. The van der Waals surface area contributed by atoms with Crippen LogP contribution in [0.1, 0.15) is 0 Å². The Bertz CT molecular complexity index is 987. The number of nitrogens with zero attached hydrogens (tertiary/aromatic N) is 5. The highest BCUT2D eigenvalue weighted by molar-refractivity contribution is 7.13. The number of ether oxygens (including phenoxy) is 1. The minimum absolute atomic E-state index is 0.0835. The third kappa shape index (κ3) is 3.24. The second-order valence-corrected chi connectivity index (χ2v) is 5.76. The van der Waals surface area contributed by atoms with Gasteiger partial charge in [-0.25, -0.2) is 9.50 Å². The molecule has 25 heavy (non-hydrogen) atoms. The molecule has 0 amide bonds. The maximum Gasteiger partial charge on any atom is 0.387 e. The Morgan fingerprint density at radius 3 is 2.76 bits per heavy atom. The number of alkyl halides is 2. The lowest BCUT2D eigenvalue weighted by Gasteiger charge is -2.05. The molecule has 0 aliphatic rings. The second kappa shape index (κ2) is 6.40. The van der Waals surface area contributed by atoms with E-state index in [4.69, 9.17) is 0 Å². The molecule has 4 aromatic rings. The summed E-state index contributed by atoms with van der Waals surface area (Å²) in [7, 11) is 0. The van der Waals surface area contributed by atoms with Crippen LogP contribution in [-0.4, -0.2) is 31.2 Å². The minimum atomic E-state index is -2.85. The van der Waals surface area contributed by atoms with Gasteiger partial charge in [-0.2, -0.15) is 13.8 Å². The Morgan fingerprint density at radius 2 is 2.04 bits per heavy atom. The van der Waals surface area contributed by atoms with Gasteiger partial charge >= 0.3 is 6.61 Å². The summed E-state index contributed by atoms with van der Waals surface area (Å²) in [6, 6.07) is 6.08. The molecule has 1 N–H and O–H groups in total. The molecule has 0 aliphatic heterocycles. The van der Waals surface area contributed by atoms with Gasteiger partial charge in [0.05, 0.1) is 10.4 Å². The lowest BCUT2D eigenvalue weighted by molar-refractivity contribution is -0.0498. The highest BCUT2D eigenvalue weighted by Crippen LogP contribution is 2.26. The average Bonchev–Trinajstić information content (AvgIpc) is 3.24. The molecule has 0 saturated heterocycles. The van der Waals surface area contributed by atoms with Crippen molar-refractivity contribution in [1.82, 2.24) is 24.6 Å². The van der Waals surface area contributed by atoms with Gasteiger partial charge in [-0.15, -0.1) is 16.4 Å². The first-order valence-corrected chi connectivity index (χ1v) is 7.99. The number of hydrogen-bond acceptors (Lipinski definition) is 7. The summed E-state index contributed by atoms with van der Waals surface area (Å²) in [5, 5.41) is 7.36. The van der Waals surface area contributed by atoms with E-state index in [1.165, 1.54) is 23.5 Å². The first kappa shape index (κ1) is 15.4. The highest BCUT2D eigenvalue weighted by atomic mass is 32.1. The fourth-order valence-corrected chi connectivity index (χ4v) is 2.84. The van der Waals surface area contributed by atoms with Crippen molar-refractivity contribution in [2.45, 2.75) is 6.61 Å². The third-order valence-corrected chi connectivity index (χ3v) is 4.04. The molecule has 0 atom stereocenters. The topological polar surface area (TPSA) is 77.2 Å². The Balaban J connectivity index is 1.61. The molecule has 0 unspecified atom stereocenters. The Morgan fingerprint density at radius 1 is 1.20 bits per heavy atom. The Labute approximate surface area is 144 Å². The molecule has 4 rings (SSSR count). The number of halogens is 2. The van der Waals surface area contributed by atoms with E-state index in [0.29, 0.717) is 23.0 Å². The van der Waals surface area contributed by atoms with E-state index in [1.54, 1.807) is 40.7 Å². The molecule has 3 heterocycles. The van der Waals surface area contributed by atoms with Gasteiger partial charge in [-0.3, -0.25) is 4.98 Å². The predicted octanol–water partition coefficient (Wildman–Crippen LogP) is 3.59. The standard InChI is InChI=1S/C15H10F2N6OS/c16-14(17)24-10-3-1-9(2-4-10)20-15-21-13-12(11-7-18-8-25-11)19-5-6-23(13)22-15/h1-8,14H,(H,20,22). The quantitative estimate of drug-likeness (QED) is 0.586. The van der Waals surface area contributed by atoms with Crippen LogP contribution in [0.2, 0.25) is 0 Å². The van der Waals surface area contributed by atoms with Crippen LogP contribution in [0.5, 0.6) is 5.75 Å². The molecular weight excluding hydrogens is 350 g/mol. The van der Waals surface area contributed by atoms with E-state index in [9.17, 15) is 8.78 Å². The van der Waals surface area contributed by atoms with E-state index in [2.05, 4.69) is 30.1 Å². The van der Waals surface area contributed by atoms with E-state index in [0.717, 1.165) is 4.88 Å². The zero-order valence-corrected chi connectivity index (χ0v) is 13.3. The van der Waals surface area contributed by atoms with Crippen LogP contribution in [0.15, 0.2) is 48.4 Å². The summed E-state index contributed by atoms with van der Waals surface area (Å²) in [4.78, 5) is 13.7. The molecule has 126 valence electrons. The smallest absolute Gasteiger partial charge is 0.387 e. The van der Waals surface area contributed by atoms with E-state index in [1.807, 2.05) is 0 Å². The first-order valence-electron chi connectivity index (χ1n) is 7.11. The van der Waals surface area contributed by atoms with Crippen LogP contribution in [0.4, 0.5) is 20.4 Å². The van der Waals surface area contributed by atoms with Crippen molar-refractivity contribution in [2.24, 2.45) is 0 Å². The molecule has 1 aromatic carbocycles. The average molecular weight is 360 g/mol. The summed E-state index contributed by atoms with van der Waals surface area (Å²) in [5.74, 6) is 0.446. The van der Waals surface area contributed by atoms with E-state index >= 15 is 0 Å². The largest absolute Gasteiger partial charge is 0.435 e. The lowest BCUT2D eigenvalue weighted by Crippen LogP contribution is -2.01. The van der Waals surface area contributed by atoms with Crippen molar-refractivity contribution >= 4 is 28.6 Å². The molecule has 0 spiro atoms. The van der Waals surface area contributed by atoms with Crippen molar-refractivity contribution in [3.63, 3.8) is 0 Å². The molecule has 0 fully saturated rings. The van der Waals surface area contributed by atoms with Crippen LogP contribution in [-0.2, 0) is 0 Å². The summed E-state index contributed by atoms with van der Waals surface area (Å²) >= 11 is 1.46. The maximum atomic E-state index is 12.2. The number of aromatic nitrogens is 5. The monoisotopic (exact) mass is 360 g/mol. The highest BCUT2D eigenvalue weighted by Gasteiger charge is 2.12. The summed E-state index contributed by atoms with van der Waals surface area (Å²) in [6.45, 7) is -2.85. The number of fused-ring (bicyclic) bond motifs is 1. The number of thiazole rings is 1. The van der Waals surface area contributed by atoms with Gasteiger partial charge in [-0.1, -0.05) is 0 Å². The molecular formula is C15H10F2N6OS. The number of anilines is 2. The molecule has 0 aliphatic carbocycles. The van der Waals surface area contributed by atoms with Crippen LogP contribution in [0.25, 0.3) is 16.2 Å². The van der Waals surface area contributed by atoms with Crippen molar-refractivity contribution in [1.29, 1.82) is 0 Å². The Kier molecular flexibility index (Phi) is 3.94. The van der Waals surface area contributed by atoms with Crippen LogP contribution in [0, 0.1) is 0 Å². The van der Waals surface area contributed by atoms with E-state index in [-0.39, 0.29) is 5.75 Å². The molecule has 0 bridgehead atoms. The van der Waals surface area contributed by atoms with Gasteiger partial charge in [0, 0.05) is 24.3 Å². The fraction of sp³-hybridized carbons (Fsp3) is 0.0667. The molecule has 7 nitrogen and oxygen atoms in total. The fourth-order valence-electron chi connectivity index (χ4n) is 2.23. The van der Waals surface area contributed by atoms with E-state index < -0.39 is 6.61 Å². The lowest BCUT2D eigenvalue weighted by atomic mass is 10.3. The van der Waals surface area contributed by atoms with Gasteiger partial charge in [0.25, 0.3) is 0 Å². The van der Waals surface area contributed by atoms with Crippen LogP contribution < -0.4 is 10.1 Å². The summed E-state index contributed by atoms with van der Waals surface area (Å²) in [6.07, 6.45) is 5.05.